The van der Waals surface area contributed by atoms with Crippen molar-refractivity contribution in [2.45, 2.75) is 31.5 Å². The lowest BCUT2D eigenvalue weighted by Gasteiger charge is -2.47. The maximum absolute atomic E-state index is 12.8. The van der Waals surface area contributed by atoms with E-state index in [4.69, 9.17) is 0 Å². The van der Waals surface area contributed by atoms with Crippen molar-refractivity contribution in [3.8, 4) is 0 Å². The number of aromatic nitrogens is 1. The van der Waals surface area contributed by atoms with Gasteiger partial charge in [0.1, 0.15) is 11.5 Å². The predicted molar refractivity (Wildman–Crippen MR) is 76.8 cm³/mol. The lowest BCUT2D eigenvalue weighted by Crippen LogP contribution is -2.61. The van der Waals surface area contributed by atoms with Gasteiger partial charge in [0.2, 0.25) is 5.91 Å². The van der Waals surface area contributed by atoms with Gasteiger partial charge in [0.25, 0.3) is 0 Å². The molecule has 0 aromatic carbocycles. The normalized spacial score (nSPS) is 28.8. The first kappa shape index (κ1) is 16.0. The van der Waals surface area contributed by atoms with E-state index in [0.717, 1.165) is 12.5 Å². The van der Waals surface area contributed by atoms with Gasteiger partial charge >= 0.3 is 6.18 Å². The summed E-state index contributed by atoms with van der Waals surface area (Å²) in [7, 11) is 0. The van der Waals surface area contributed by atoms with Crippen LogP contribution in [0.4, 0.5) is 19.0 Å². The van der Waals surface area contributed by atoms with E-state index in [0.29, 0.717) is 25.9 Å². The molecule has 8 heteroatoms. The number of nitrogens with zero attached hydrogens (tertiary/aromatic N) is 2. The minimum absolute atomic E-state index is 0.175. The summed E-state index contributed by atoms with van der Waals surface area (Å²) in [4.78, 5) is 17.6. The highest BCUT2D eigenvalue weighted by molar-refractivity contribution is 5.85. The van der Waals surface area contributed by atoms with Crippen LogP contribution in [0, 0.1) is 5.41 Å². The first-order chi connectivity index (χ1) is 10.8. The molecule has 3 rings (SSSR count). The Bertz CT molecular complexity index is 608. The largest absolute Gasteiger partial charge is 0.433 e. The number of aliphatic hydroxyl groups excluding tert-OH is 1. The number of hydrogen-bond acceptors (Lipinski definition) is 4. The van der Waals surface area contributed by atoms with Crippen LogP contribution in [0.25, 0.3) is 0 Å². The summed E-state index contributed by atoms with van der Waals surface area (Å²) in [6.07, 6.45) is -3.71. The van der Waals surface area contributed by atoms with E-state index < -0.39 is 23.4 Å². The first-order valence-electron chi connectivity index (χ1n) is 7.58. The van der Waals surface area contributed by atoms with E-state index >= 15 is 0 Å². The molecule has 2 saturated heterocycles. The van der Waals surface area contributed by atoms with Gasteiger partial charge in [-0.15, -0.1) is 0 Å². The molecule has 1 aromatic heterocycles. The molecule has 23 heavy (non-hydrogen) atoms. The maximum Gasteiger partial charge on any atom is 0.433 e. The van der Waals surface area contributed by atoms with Crippen molar-refractivity contribution in [2.75, 3.05) is 24.5 Å². The lowest BCUT2D eigenvalue weighted by atomic mass is 9.71. The summed E-state index contributed by atoms with van der Waals surface area (Å²) in [6.45, 7) is 1.11. The van der Waals surface area contributed by atoms with Crippen LogP contribution in [0.1, 0.15) is 25.0 Å². The van der Waals surface area contributed by atoms with Crippen molar-refractivity contribution in [3.05, 3.63) is 23.9 Å². The fourth-order valence-corrected chi connectivity index (χ4v) is 3.40. The van der Waals surface area contributed by atoms with E-state index in [1.807, 2.05) is 0 Å². The minimum atomic E-state index is -4.51. The number of halogens is 3. The number of carbonyl (C=O) groups excluding carboxylic acids is 1. The average molecular weight is 329 g/mol. The Hall–Kier alpha value is -1.83. The van der Waals surface area contributed by atoms with Gasteiger partial charge in [-0.2, -0.15) is 13.2 Å². The van der Waals surface area contributed by atoms with E-state index in [-0.39, 0.29) is 18.3 Å². The number of amides is 1. The number of hydrogen-bond donors (Lipinski definition) is 2. The number of piperidine rings is 2. The Morgan fingerprint density at radius 1 is 1.39 bits per heavy atom. The Morgan fingerprint density at radius 2 is 2.17 bits per heavy atom. The highest BCUT2D eigenvalue weighted by atomic mass is 19.4. The van der Waals surface area contributed by atoms with Gasteiger partial charge in [0.15, 0.2) is 0 Å². The number of anilines is 1. The topological polar surface area (TPSA) is 65.5 Å². The number of nitrogens with one attached hydrogen (secondary N) is 1. The molecule has 1 spiro atoms. The van der Waals surface area contributed by atoms with E-state index in [1.54, 1.807) is 4.90 Å². The van der Waals surface area contributed by atoms with Crippen LogP contribution in [0.5, 0.6) is 0 Å². The van der Waals surface area contributed by atoms with Crippen molar-refractivity contribution in [3.63, 3.8) is 0 Å². The highest BCUT2D eigenvalue weighted by Gasteiger charge is 2.50. The molecule has 2 N–H and O–H groups in total. The quantitative estimate of drug-likeness (QED) is 0.821. The number of aliphatic hydroxyl groups is 1. The van der Waals surface area contributed by atoms with Crippen molar-refractivity contribution in [1.82, 2.24) is 10.3 Å². The second-order valence-corrected chi connectivity index (χ2v) is 6.12. The van der Waals surface area contributed by atoms with Crippen LogP contribution in [0.2, 0.25) is 0 Å². The summed E-state index contributed by atoms with van der Waals surface area (Å²) in [5.41, 5.74) is -1.92. The van der Waals surface area contributed by atoms with Gasteiger partial charge in [-0.05, 0) is 31.4 Å². The van der Waals surface area contributed by atoms with E-state index in [2.05, 4.69) is 10.3 Å². The molecule has 0 bridgehead atoms. The third kappa shape index (κ3) is 2.87. The number of pyridine rings is 1. The summed E-state index contributed by atoms with van der Waals surface area (Å²) in [6, 6.07) is 3.73. The number of carbonyl (C=O) groups is 1. The van der Waals surface area contributed by atoms with E-state index in [9.17, 15) is 23.1 Å². The zero-order valence-corrected chi connectivity index (χ0v) is 12.4. The molecule has 2 aliphatic heterocycles. The SMILES string of the molecule is O=C1NCCC[C@]12CN(c1cccc(C(F)(F)F)n1)CC[C@H]2O. The average Bonchev–Trinajstić information content (AvgIpc) is 2.52. The summed E-state index contributed by atoms with van der Waals surface area (Å²) in [5.74, 6) is -0.0441. The molecule has 5 nitrogen and oxygen atoms in total. The Morgan fingerprint density at radius 3 is 2.87 bits per heavy atom. The van der Waals surface area contributed by atoms with Gasteiger partial charge in [-0.25, -0.2) is 4.98 Å². The molecule has 126 valence electrons. The summed E-state index contributed by atoms with van der Waals surface area (Å²) in [5, 5.41) is 13.1. The van der Waals surface area contributed by atoms with Crippen LogP contribution in [0.3, 0.4) is 0 Å². The van der Waals surface area contributed by atoms with Crippen LogP contribution in [0.15, 0.2) is 18.2 Å². The van der Waals surface area contributed by atoms with Crippen LogP contribution >= 0.6 is 0 Å². The fraction of sp³-hybridized carbons (Fsp3) is 0.600. The first-order valence-corrected chi connectivity index (χ1v) is 7.58. The molecule has 0 radical (unpaired) electrons. The molecule has 2 fully saturated rings. The van der Waals surface area contributed by atoms with Gasteiger partial charge in [0, 0.05) is 19.6 Å². The predicted octanol–water partition coefficient (Wildman–Crippen LogP) is 1.57. The number of alkyl halides is 3. The van der Waals surface area contributed by atoms with Gasteiger partial charge < -0.3 is 15.3 Å². The molecule has 0 saturated carbocycles. The molecule has 2 atom stereocenters. The highest BCUT2D eigenvalue weighted by Crippen LogP contribution is 2.39. The summed E-state index contributed by atoms with van der Waals surface area (Å²) < 4.78 is 38.5. The van der Waals surface area contributed by atoms with Gasteiger partial charge in [0.05, 0.1) is 11.5 Å². The monoisotopic (exact) mass is 329 g/mol. The minimum Gasteiger partial charge on any atom is -0.392 e. The molecular weight excluding hydrogens is 311 g/mol. The third-order valence-electron chi connectivity index (χ3n) is 4.67. The summed E-state index contributed by atoms with van der Waals surface area (Å²) >= 11 is 0. The molecule has 0 aliphatic carbocycles. The fourth-order valence-electron chi connectivity index (χ4n) is 3.40. The smallest absolute Gasteiger partial charge is 0.392 e. The van der Waals surface area contributed by atoms with Crippen molar-refractivity contribution in [2.24, 2.45) is 5.41 Å². The third-order valence-corrected chi connectivity index (χ3v) is 4.67. The second kappa shape index (κ2) is 5.67. The number of rotatable bonds is 1. The maximum atomic E-state index is 12.8. The zero-order valence-electron chi connectivity index (χ0n) is 12.4. The van der Waals surface area contributed by atoms with Crippen LogP contribution in [-0.4, -0.2) is 41.7 Å². The molecule has 1 aromatic rings. The molecule has 2 aliphatic rings. The van der Waals surface area contributed by atoms with E-state index in [1.165, 1.54) is 12.1 Å². The van der Waals surface area contributed by atoms with Crippen molar-refractivity contribution < 1.29 is 23.1 Å². The van der Waals surface area contributed by atoms with Crippen molar-refractivity contribution in [1.29, 1.82) is 0 Å². The van der Waals surface area contributed by atoms with Gasteiger partial charge in [-0.1, -0.05) is 6.07 Å². The molecule has 0 unspecified atom stereocenters. The Balaban J connectivity index is 1.88. The van der Waals surface area contributed by atoms with Crippen LogP contribution < -0.4 is 10.2 Å². The second-order valence-electron chi connectivity index (χ2n) is 6.12. The zero-order chi connectivity index (χ0) is 16.7. The van der Waals surface area contributed by atoms with Gasteiger partial charge in [-0.3, -0.25) is 4.79 Å². The molecule has 1 amide bonds. The molecular formula is C15H18F3N3O2. The Kier molecular flexibility index (Phi) is 3.95. The lowest BCUT2D eigenvalue weighted by molar-refractivity contribution is -0.143. The Labute approximate surface area is 131 Å². The van der Waals surface area contributed by atoms with Crippen molar-refractivity contribution >= 4 is 11.7 Å². The van der Waals surface area contributed by atoms with Crippen LogP contribution in [-0.2, 0) is 11.0 Å². The standard InChI is InChI=1S/C15H18F3N3O2/c16-15(17,18)10-3-1-4-12(20-10)21-8-5-11(22)14(9-21)6-2-7-19-13(14)23/h1,3-4,11,22H,2,5-9H2,(H,19,23)/t11-,14-/m1/s1. The molecule has 3 heterocycles.